The second-order valence-corrected chi connectivity index (χ2v) is 8.49. The minimum Gasteiger partial charge on any atom is -0.378 e. The summed E-state index contributed by atoms with van der Waals surface area (Å²) in [4.78, 5) is 14.7. The summed E-state index contributed by atoms with van der Waals surface area (Å²) < 4.78 is 48.7. The summed E-state index contributed by atoms with van der Waals surface area (Å²) in [5.41, 5.74) is 1.89. The summed E-state index contributed by atoms with van der Waals surface area (Å²) in [5.74, 6) is -0.703. The molecule has 1 aromatic carbocycles. The first-order chi connectivity index (χ1) is 13.2. The lowest BCUT2D eigenvalue weighted by Gasteiger charge is -2.27. The number of hydrogen-bond donors (Lipinski definition) is 1. The Balaban J connectivity index is 1.94. The number of nitrogens with zero attached hydrogens (tertiary/aromatic N) is 2. The molecule has 2 aromatic rings. The lowest BCUT2D eigenvalue weighted by molar-refractivity contribution is 0.0300. The first kappa shape index (κ1) is 20.5. The van der Waals surface area contributed by atoms with Gasteiger partial charge in [0.15, 0.2) is 0 Å². The molecule has 152 valence electrons. The van der Waals surface area contributed by atoms with Gasteiger partial charge in [0, 0.05) is 38.1 Å². The number of halogens is 1. The molecule has 1 aliphatic rings. The fourth-order valence-electron chi connectivity index (χ4n) is 3.27. The number of nitrogens with one attached hydrogen (secondary N) is 1. The molecule has 1 fully saturated rings. The van der Waals surface area contributed by atoms with Crippen LogP contribution in [0.15, 0.2) is 29.2 Å². The summed E-state index contributed by atoms with van der Waals surface area (Å²) in [6.45, 7) is 5.13. The highest BCUT2D eigenvalue weighted by atomic mass is 32.2. The number of morpholine rings is 1. The molecule has 1 aromatic heterocycles. The second kappa shape index (κ2) is 8.02. The van der Waals surface area contributed by atoms with Crippen LogP contribution in [0, 0.1) is 19.7 Å². The number of benzene rings is 1. The van der Waals surface area contributed by atoms with Gasteiger partial charge >= 0.3 is 0 Å². The molecule has 9 heteroatoms. The van der Waals surface area contributed by atoms with Crippen molar-refractivity contribution in [2.75, 3.05) is 26.3 Å². The molecule has 0 saturated carbocycles. The number of sulfonamides is 1. The van der Waals surface area contributed by atoms with Crippen LogP contribution in [0.3, 0.4) is 0 Å². The van der Waals surface area contributed by atoms with Crippen molar-refractivity contribution in [1.29, 1.82) is 0 Å². The molecule has 0 bridgehead atoms. The van der Waals surface area contributed by atoms with Crippen molar-refractivity contribution in [3.05, 3.63) is 52.6 Å². The highest BCUT2D eigenvalue weighted by Gasteiger charge is 2.33. The molecule has 0 unspecified atom stereocenters. The zero-order chi connectivity index (χ0) is 20.5. The average Bonchev–Trinajstić information content (AvgIpc) is 2.92. The van der Waals surface area contributed by atoms with Gasteiger partial charge in [-0.05, 0) is 31.5 Å². The third-order valence-corrected chi connectivity index (χ3v) is 6.65. The number of rotatable bonds is 5. The Morgan fingerprint density at radius 3 is 2.36 bits per heavy atom. The maximum atomic E-state index is 13.1. The van der Waals surface area contributed by atoms with E-state index in [0.29, 0.717) is 43.3 Å². The summed E-state index contributed by atoms with van der Waals surface area (Å²) in [5, 5.41) is 0. The monoisotopic (exact) mass is 409 g/mol. The molecule has 1 aliphatic heterocycles. The third kappa shape index (κ3) is 3.96. The predicted octanol–water partition coefficient (Wildman–Crippen LogP) is 1.73. The van der Waals surface area contributed by atoms with Crippen LogP contribution in [-0.4, -0.2) is 50.1 Å². The molecule has 7 nitrogen and oxygen atoms in total. The van der Waals surface area contributed by atoms with E-state index in [1.54, 1.807) is 30.4 Å². The van der Waals surface area contributed by atoms with Crippen molar-refractivity contribution in [3.63, 3.8) is 0 Å². The van der Waals surface area contributed by atoms with Crippen LogP contribution < -0.4 is 4.72 Å². The first-order valence-electron chi connectivity index (χ1n) is 8.99. The van der Waals surface area contributed by atoms with Gasteiger partial charge in [-0.2, -0.15) is 0 Å². The highest BCUT2D eigenvalue weighted by Crippen LogP contribution is 2.28. The van der Waals surface area contributed by atoms with Gasteiger partial charge in [0.25, 0.3) is 5.91 Å². The molecule has 0 radical (unpaired) electrons. The van der Waals surface area contributed by atoms with E-state index >= 15 is 0 Å². The zero-order valence-corrected chi connectivity index (χ0v) is 17.0. The van der Waals surface area contributed by atoms with Gasteiger partial charge in [0.05, 0.1) is 18.8 Å². The normalized spacial score (nSPS) is 15.1. The van der Waals surface area contributed by atoms with E-state index in [2.05, 4.69) is 4.72 Å². The minimum atomic E-state index is -3.96. The summed E-state index contributed by atoms with van der Waals surface area (Å²) >= 11 is 0. The first-order valence-corrected chi connectivity index (χ1v) is 10.5. The van der Waals surface area contributed by atoms with E-state index in [0.717, 1.165) is 0 Å². The van der Waals surface area contributed by atoms with Crippen molar-refractivity contribution in [2.45, 2.75) is 25.3 Å². The Kier molecular flexibility index (Phi) is 5.87. The number of ether oxygens (including phenoxy) is 1. The number of amides is 1. The van der Waals surface area contributed by atoms with E-state index in [-0.39, 0.29) is 28.7 Å². The van der Waals surface area contributed by atoms with E-state index < -0.39 is 10.0 Å². The Morgan fingerprint density at radius 2 is 1.75 bits per heavy atom. The fourth-order valence-corrected chi connectivity index (χ4v) is 4.81. The maximum absolute atomic E-state index is 13.1. The molecule has 0 aliphatic carbocycles. The molecule has 2 heterocycles. The standard InChI is InChI=1S/C19H24FN3O4S/c1-13-17(19(24)23-8-10-27-11-9-23)18(14(2)22(13)3)28(25,26)21-12-15-4-6-16(20)7-5-15/h4-7,21H,8-12H2,1-3H3. The maximum Gasteiger partial charge on any atom is 0.257 e. The van der Waals surface area contributed by atoms with Crippen LogP contribution in [0.4, 0.5) is 4.39 Å². The van der Waals surface area contributed by atoms with Gasteiger partial charge < -0.3 is 14.2 Å². The SMILES string of the molecule is Cc1c(C(=O)N2CCOCC2)c(S(=O)(=O)NCc2ccc(F)cc2)c(C)n1C. The van der Waals surface area contributed by atoms with Crippen molar-refractivity contribution in [2.24, 2.45) is 7.05 Å². The van der Waals surface area contributed by atoms with Crippen LogP contribution in [-0.2, 0) is 28.4 Å². The lowest BCUT2D eigenvalue weighted by atomic mass is 10.2. The van der Waals surface area contributed by atoms with Gasteiger partial charge in [-0.15, -0.1) is 0 Å². The molecule has 1 N–H and O–H groups in total. The molecule has 0 spiro atoms. The van der Waals surface area contributed by atoms with E-state index in [9.17, 15) is 17.6 Å². The molecule has 0 atom stereocenters. The quantitative estimate of drug-likeness (QED) is 0.816. The Labute approximate surface area is 164 Å². The average molecular weight is 409 g/mol. The Bertz CT molecular complexity index is 978. The number of hydrogen-bond acceptors (Lipinski definition) is 4. The molecule has 28 heavy (non-hydrogen) atoms. The number of carbonyl (C=O) groups excluding carboxylic acids is 1. The van der Waals surface area contributed by atoms with Gasteiger partial charge in [0.1, 0.15) is 10.7 Å². The van der Waals surface area contributed by atoms with Crippen molar-refractivity contribution in [3.8, 4) is 0 Å². The third-order valence-electron chi connectivity index (χ3n) is 5.08. The minimum absolute atomic E-state index is 0.00117. The number of aromatic nitrogens is 1. The van der Waals surface area contributed by atoms with Crippen LogP contribution in [0.2, 0.25) is 0 Å². The Hall–Kier alpha value is -2.23. The van der Waals surface area contributed by atoms with Crippen LogP contribution in [0.25, 0.3) is 0 Å². The van der Waals surface area contributed by atoms with Crippen molar-refractivity contribution in [1.82, 2.24) is 14.2 Å². The number of carbonyl (C=O) groups is 1. The molecule has 1 amide bonds. The van der Waals surface area contributed by atoms with E-state index in [1.165, 1.54) is 24.3 Å². The van der Waals surface area contributed by atoms with Gasteiger partial charge in [0.2, 0.25) is 10.0 Å². The zero-order valence-electron chi connectivity index (χ0n) is 16.2. The summed E-state index contributed by atoms with van der Waals surface area (Å²) in [6, 6.07) is 5.57. The van der Waals surface area contributed by atoms with Crippen molar-refractivity contribution >= 4 is 15.9 Å². The summed E-state index contributed by atoms with van der Waals surface area (Å²) in [7, 11) is -2.22. The van der Waals surface area contributed by atoms with Gasteiger partial charge in [-0.3, -0.25) is 4.79 Å². The molecular formula is C19H24FN3O4S. The molecular weight excluding hydrogens is 385 g/mol. The highest BCUT2D eigenvalue weighted by molar-refractivity contribution is 7.89. The van der Waals surface area contributed by atoms with Crippen molar-refractivity contribution < 1.29 is 22.3 Å². The van der Waals surface area contributed by atoms with E-state index in [1.807, 2.05) is 0 Å². The molecule has 3 rings (SSSR count). The van der Waals surface area contributed by atoms with Crippen LogP contribution in [0.5, 0.6) is 0 Å². The Morgan fingerprint density at radius 1 is 1.14 bits per heavy atom. The smallest absolute Gasteiger partial charge is 0.257 e. The van der Waals surface area contributed by atoms with Gasteiger partial charge in [-0.1, -0.05) is 12.1 Å². The molecule has 1 saturated heterocycles. The summed E-state index contributed by atoms with van der Waals surface area (Å²) in [6.07, 6.45) is 0. The fraction of sp³-hybridized carbons (Fsp3) is 0.421. The predicted molar refractivity (Wildman–Crippen MR) is 102 cm³/mol. The lowest BCUT2D eigenvalue weighted by Crippen LogP contribution is -2.41. The second-order valence-electron chi connectivity index (χ2n) is 6.79. The van der Waals surface area contributed by atoms with Crippen LogP contribution in [0.1, 0.15) is 27.3 Å². The largest absolute Gasteiger partial charge is 0.378 e. The van der Waals surface area contributed by atoms with E-state index in [4.69, 9.17) is 4.74 Å². The topological polar surface area (TPSA) is 80.6 Å². The van der Waals surface area contributed by atoms with Gasteiger partial charge in [-0.25, -0.2) is 17.5 Å². The van der Waals surface area contributed by atoms with Crippen LogP contribution >= 0.6 is 0 Å².